The van der Waals surface area contributed by atoms with Crippen LogP contribution >= 0.6 is 0 Å². The third-order valence-electron chi connectivity index (χ3n) is 6.21. The quantitative estimate of drug-likeness (QED) is 0.726. The number of ether oxygens (including phenoxy) is 3. The van der Waals surface area contributed by atoms with Crippen LogP contribution in [-0.4, -0.2) is 31.9 Å². The number of methoxy groups -OCH3 is 1. The summed E-state index contributed by atoms with van der Waals surface area (Å²) >= 11 is 0. The summed E-state index contributed by atoms with van der Waals surface area (Å²) in [6.07, 6.45) is 4.34. The van der Waals surface area contributed by atoms with Gasteiger partial charge in [-0.05, 0) is 50.0 Å². The maximum absolute atomic E-state index is 13.1. The van der Waals surface area contributed by atoms with Crippen LogP contribution in [0.4, 0.5) is 0 Å². The Hall–Kier alpha value is -0.870. The Morgan fingerprint density at radius 1 is 1.30 bits per heavy atom. The zero-order valence-electron chi connectivity index (χ0n) is 15.2. The molecule has 0 aliphatic heterocycles. The lowest BCUT2D eigenvalue weighted by Gasteiger charge is -2.38. The van der Waals surface area contributed by atoms with Crippen molar-refractivity contribution in [3.05, 3.63) is 11.8 Å². The Kier molecular flexibility index (Phi) is 4.13. The molecule has 0 heterocycles. The van der Waals surface area contributed by atoms with Gasteiger partial charge in [-0.25, -0.2) is 0 Å². The minimum atomic E-state index is -0.388. The number of ketones is 1. The van der Waals surface area contributed by atoms with Crippen molar-refractivity contribution in [2.45, 2.75) is 59.7 Å². The van der Waals surface area contributed by atoms with Gasteiger partial charge in [0.1, 0.15) is 6.79 Å². The van der Waals surface area contributed by atoms with Crippen LogP contribution in [0, 0.1) is 28.6 Å². The lowest BCUT2D eigenvalue weighted by atomic mass is 9.69. The molecule has 0 unspecified atom stereocenters. The fourth-order valence-corrected chi connectivity index (χ4v) is 5.41. The molecule has 0 saturated heterocycles. The molecular formula is C19H30O4. The molecule has 3 aliphatic rings. The van der Waals surface area contributed by atoms with Gasteiger partial charge in [0.25, 0.3) is 0 Å². The number of carbonyl (C=O) groups excluding carboxylic acids is 1. The van der Waals surface area contributed by atoms with E-state index in [4.69, 9.17) is 14.2 Å². The number of hydrogen-bond donors (Lipinski definition) is 0. The first-order valence-electron chi connectivity index (χ1n) is 8.75. The van der Waals surface area contributed by atoms with E-state index in [-0.39, 0.29) is 47.4 Å². The van der Waals surface area contributed by atoms with Gasteiger partial charge in [-0.1, -0.05) is 20.8 Å². The van der Waals surface area contributed by atoms with Gasteiger partial charge in [-0.15, -0.1) is 0 Å². The Morgan fingerprint density at radius 2 is 2.00 bits per heavy atom. The second-order valence-electron chi connectivity index (χ2n) is 8.62. The molecule has 3 aliphatic carbocycles. The van der Waals surface area contributed by atoms with Gasteiger partial charge in [-0.3, -0.25) is 4.79 Å². The first-order chi connectivity index (χ1) is 10.7. The van der Waals surface area contributed by atoms with Crippen molar-refractivity contribution in [3.8, 4) is 0 Å². The summed E-state index contributed by atoms with van der Waals surface area (Å²) in [5.74, 6) is 1.81. The molecule has 23 heavy (non-hydrogen) atoms. The first-order valence-corrected chi connectivity index (χ1v) is 8.75. The van der Waals surface area contributed by atoms with Crippen LogP contribution in [0.5, 0.6) is 0 Å². The van der Waals surface area contributed by atoms with Gasteiger partial charge < -0.3 is 14.2 Å². The summed E-state index contributed by atoms with van der Waals surface area (Å²) in [6.45, 7) is 10.9. The molecule has 2 fully saturated rings. The highest BCUT2D eigenvalue weighted by Crippen LogP contribution is 2.66. The average Bonchev–Trinajstić information content (AvgIpc) is 2.93. The highest BCUT2D eigenvalue weighted by Gasteiger charge is 2.67. The number of rotatable bonds is 5. The molecule has 2 saturated carbocycles. The molecule has 0 aromatic heterocycles. The summed E-state index contributed by atoms with van der Waals surface area (Å²) in [5.41, 5.74) is -0.315. The fourth-order valence-electron chi connectivity index (χ4n) is 5.41. The van der Waals surface area contributed by atoms with Gasteiger partial charge in [0.2, 0.25) is 5.78 Å². The van der Waals surface area contributed by atoms with Gasteiger partial charge in [0.15, 0.2) is 5.76 Å². The minimum absolute atomic E-state index is 0.0315. The summed E-state index contributed by atoms with van der Waals surface area (Å²) in [4.78, 5) is 13.1. The summed E-state index contributed by atoms with van der Waals surface area (Å²) in [7, 11) is 1.65. The molecule has 5 atom stereocenters. The van der Waals surface area contributed by atoms with Gasteiger partial charge in [-0.2, -0.15) is 0 Å². The predicted octanol–water partition coefficient (Wildman–Crippen LogP) is 3.56. The third kappa shape index (κ3) is 2.45. The summed E-state index contributed by atoms with van der Waals surface area (Å²) < 4.78 is 17.0. The van der Waals surface area contributed by atoms with Crippen molar-refractivity contribution in [3.63, 3.8) is 0 Å². The molecule has 0 aromatic rings. The molecule has 0 bridgehead atoms. The Morgan fingerprint density at radius 3 is 2.61 bits per heavy atom. The number of allylic oxidation sites excluding steroid dienone is 2. The van der Waals surface area contributed by atoms with Gasteiger partial charge >= 0.3 is 0 Å². The first kappa shape index (κ1) is 17.0. The molecule has 0 aromatic carbocycles. The fraction of sp³-hybridized carbons (Fsp3) is 0.842. The lowest BCUT2D eigenvalue weighted by molar-refractivity contribution is -0.147. The molecular weight excluding hydrogens is 292 g/mol. The molecule has 0 spiro atoms. The summed E-state index contributed by atoms with van der Waals surface area (Å²) in [5, 5.41) is 0. The Balaban J connectivity index is 1.90. The Labute approximate surface area is 139 Å². The van der Waals surface area contributed by atoms with E-state index in [1.165, 1.54) is 0 Å². The van der Waals surface area contributed by atoms with Crippen molar-refractivity contribution in [1.82, 2.24) is 0 Å². The van der Waals surface area contributed by atoms with Crippen LogP contribution < -0.4 is 0 Å². The maximum Gasteiger partial charge on any atom is 0.203 e. The van der Waals surface area contributed by atoms with Crippen molar-refractivity contribution in [1.29, 1.82) is 0 Å². The SMILES string of the molecule is COCO[C@@H]1[C@@H]2[C@@H](C[C@H]3C=C(OC(C)C)C(=O)[C@@]23C)CC1(C)C. The second kappa shape index (κ2) is 5.59. The number of hydrogen-bond acceptors (Lipinski definition) is 4. The normalized spacial score (nSPS) is 41.2. The minimum Gasteiger partial charge on any atom is -0.488 e. The smallest absolute Gasteiger partial charge is 0.203 e. The van der Waals surface area contributed by atoms with Crippen molar-refractivity contribution >= 4 is 5.78 Å². The third-order valence-corrected chi connectivity index (χ3v) is 6.21. The number of fused-ring (bicyclic) bond motifs is 3. The zero-order valence-corrected chi connectivity index (χ0v) is 15.2. The summed E-state index contributed by atoms with van der Waals surface area (Å²) in [6, 6.07) is 0. The van der Waals surface area contributed by atoms with E-state index in [0.717, 1.165) is 12.8 Å². The van der Waals surface area contributed by atoms with E-state index in [1.807, 2.05) is 13.8 Å². The van der Waals surface area contributed by atoms with E-state index in [2.05, 4.69) is 26.8 Å². The molecule has 4 heteroatoms. The van der Waals surface area contributed by atoms with Crippen molar-refractivity contribution in [2.24, 2.45) is 28.6 Å². The Bertz CT molecular complexity index is 521. The van der Waals surface area contributed by atoms with Gasteiger partial charge in [0.05, 0.1) is 12.2 Å². The standard InChI is InChI=1S/C19H30O4/c1-11(2)23-14-8-13-7-12-9-18(3,4)17(22-10-21-6)15(12)19(13,5)16(14)20/h8,11-13,15,17H,7,9-10H2,1-6H3/t12-,13-,15-,17+,19+/m0/s1. The molecule has 3 rings (SSSR count). The largest absolute Gasteiger partial charge is 0.488 e. The highest BCUT2D eigenvalue weighted by atomic mass is 16.7. The van der Waals surface area contributed by atoms with Crippen LogP contribution in [-0.2, 0) is 19.0 Å². The zero-order chi connectivity index (χ0) is 17.0. The van der Waals surface area contributed by atoms with E-state index in [9.17, 15) is 4.79 Å². The van der Waals surface area contributed by atoms with E-state index < -0.39 is 0 Å². The monoisotopic (exact) mass is 322 g/mol. The topological polar surface area (TPSA) is 44.8 Å². The second-order valence-corrected chi connectivity index (χ2v) is 8.62. The number of carbonyl (C=O) groups is 1. The molecule has 130 valence electrons. The molecule has 0 amide bonds. The maximum atomic E-state index is 13.1. The number of Topliss-reactive ketones (excluding diaryl/α,β-unsaturated/α-hetero) is 1. The molecule has 0 radical (unpaired) electrons. The van der Waals surface area contributed by atoms with E-state index in [0.29, 0.717) is 11.7 Å². The van der Waals surface area contributed by atoms with Crippen molar-refractivity contribution in [2.75, 3.05) is 13.9 Å². The van der Waals surface area contributed by atoms with Crippen LogP contribution in [0.2, 0.25) is 0 Å². The predicted molar refractivity (Wildman–Crippen MR) is 87.7 cm³/mol. The average molecular weight is 322 g/mol. The van der Waals surface area contributed by atoms with Crippen LogP contribution in [0.25, 0.3) is 0 Å². The van der Waals surface area contributed by atoms with Crippen LogP contribution in [0.1, 0.15) is 47.5 Å². The van der Waals surface area contributed by atoms with Crippen molar-refractivity contribution < 1.29 is 19.0 Å². The van der Waals surface area contributed by atoms with E-state index in [1.54, 1.807) is 7.11 Å². The van der Waals surface area contributed by atoms with Crippen LogP contribution in [0.3, 0.4) is 0 Å². The lowest BCUT2D eigenvalue weighted by Crippen LogP contribution is -2.44. The molecule has 4 nitrogen and oxygen atoms in total. The van der Waals surface area contributed by atoms with E-state index >= 15 is 0 Å². The van der Waals surface area contributed by atoms with Gasteiger partial charge in [0, 0.05) is 18.4 Å². The highest BCUT2D eigenvalue weighted by molar-refractivity contribution is 6.01. The molecule has 0 N–H and O–H groups in total. The van der Waals surface area contributed by atoms with Crippen LogP contribution in [0.15, 0.2) is 11.8 Å².